The summed E-state index contributed by atoms with van der Waals surface area (Å²) in [7, 11) is 1.83. The predicted octanol–water partition coefficient (Wildman–Crippen LogP) is 1.88. The molecule has 4 nitrogen and oxygen atoms in total. The second-order valence-electron chi connectivity index (χ2n) is 4.15. The third-order valence-electron chi connectivity index (χ3n) is 2.78. The fourth-order valence-corrected chi connectivity index (χ4v) is 2.11. The smallest absolute Gasteiger partial charge is 0.138 e. The molecule has 1 rings (SSSR count). The number of nitrogens with zero attached hydrogens (tertiary/aromatic N) is 2. The lowest BCUT2D eigenvalue weighted by molar-refractivity contribution is -0.118. The van der Waals surface area contributed by atoms with Gasteiger partial charge in [-0.25, -0.2) is 0 Å². The van der Waals surface area contributed by atoms with E-state index in [0.29, 0.717) is 24.4 Å². The second-order valence-corrected chi connectivity index (χ2v) is 4.52. The molecule has 0 fully saturated rings. The number of aryl methyl sites for hydroxylation is 2. The maximum atomic E-state index is 11.7. The molecule has 0 aliphatic rings. The van der Waals surface area contributed by atoms with E-state index in [9.17, 15) is 4.79 Å². The zero-order valence-corrected chi connectivity index (χ0v) is 11.3. The molecule has 2 N–H and O–H groups in total. The van der Waals surface area contributed by atoms with Gasteiger partial charge in [0, 0.05) is 19.9 Å². The summed E-state index contributed by atoms with van der Waals surface area (Å²) >= 11 is 6.18. The summed E-state index contributed by atoms with van der Waals surface area (Å²) in [5, 5.41) is 4.93. The summed E-state index contributed by atoms with van der Waals surface area (Å²) in [5.74, 6) is 0.200. The van der Waals surface area contributed by atoms with Gasteiger partial charge in [-0.15, -0.1) is 0 Å². The molecule has 0 unspecified atom stereocenters. The van der Waals surface area contributed by atoms with E-state index in [4.69, 9.17) is 17.3 Å². The van der Waals surface area contributed by atoms with Crippen molar-refractivity contribution in [2.45, 2.75) is 39.0 Å². The number of hydrogen-bond acceptors (Lipinski definition) is 3. The number of rotatable bonds is 7. The summed E-state index contributed by atoms with van der Waals surface area (Å²) in [5.41, 5.74) is 7.07. The SMILES string of the molecule is CCc1nn(C)c(CC(=O)CCCCN)c1Cl. The highest BCUT2D eigenvalue weighted by atomic mass is 35.5. The van der Waals surface area contributed by atoms with E-state index in [1.54, 1.807) is 4.68 Å². The van der Waals surface area contributed by atoms with Crippen LogP contribution in [0.4, 0.5) is 0 Å². The molecule has 1 aromatic rings. The van der Waals surface area contributed by atoms with Crippen molar-refractivity contribution in [3.05, 3.63) is 16.4 Å². The minimum Gasteiger partial charge on any atom is -0.330 e. The van der Waals surface area contributed by atoms with Crippen molar-refractivity contribution < 1.29 is 4.79 Å². The standard InChI is InChI=1S/C12H20ClN3O/c1-3-10-12(13)11(16(2)15-10)8-9(17)6-4-5-7-14/h3-8,14H2,1-2H3. The van der Waals surface area contributed by atoms with Crippen LogP contribution in [-0.2, 0) is 24.7 Å². The minimum absolute atomic E-state index is 0.200. The zero-order chi connectivity index (χ0) is 12.8. The predicted molar refractivity (Wildman–Crippen MR) is 69.2 cm³/mol. The van der Waals surface area contributed by atoms with Crippen molar-refractivity contribution >= 4 is 17.4 Å². The molecule has 0 spiro atoms. The monoisotopic (exact) mass is 257 g/mol. The first-order valence-electron chi connectivity index (χ1n) is 6.02. The first-order valence-corrected chi connectivity index (χ1v) is 6.40. The molecule has 0 aliphatic heterocycles. The van der Waals surface area contributed by atoms with Gasteiger partial charge in [0.15, 0.2) is 0 Å². The molecule has 0 saturated carbocycles. The largest absolute Gasteiger partial charge is 0.330 e. The van der Waals surface area contributed by atoms with Crippen molar-refractivity contribution in [1.29, 1.82) is 0 Å². The number of carbonyl (C=O) groups excluding carboxylic acids is 1. The average molecular weight is 258 g/mol. The second kappa shape index (κ2) is 6.77. The van der Waals surface area contributed by atoms with Crippen LogP contribution in [0, 0.1) is 0 Å². The topological polar surface area (TPSA) is 60.9 Å². The Morgan fingerprint density at radius 3 is 2.71 bits per heavy atom. The average Bonchev–Trinajstić information content (AvgIpc) is 2.57. The summed E-state index contributed by atoms with van der Waals surface area (Å²) in [6.07, 6.45) is 3.47. The lowest BCUT2D eigenvalue weighted by Crippen LogP contribution is -2.08. The Labute approximate surface area is 107 Å². The Morgan fingerprint density at radius 2 is 2.18 bits per heavy atom. The fraction of sp³-hybridized carbons (Fsp3) is 0.667. The molecule has 0 radical (unpaired) electrons. The minimum atomic E-state index is 0.200. The third kappa shape index (κ3) is 3.82. The summed E-state index contributed by atoms with van der Waals surface area (Å²) in [6, 6.07) is 0. The molecule has 0 saturated heterocycles. The molecular formula is C12H20ClN3O. The first-order chi connectivity index (χ1) is 8.10. The van der Waals surface area contributed by atoms with Crippen molar-refractivity contribution in [3.8, 4) is 0 Å². The number of aromatic nitrogens is 2. The normalized spacial score (nSPS) is 10.8. The highest BCUT2D eigenvalue weighted by Gasteiger charge is 2.15. The van der Waals surface area contributed by atoms with Crippen molar-refractivity contribution in [2.24, 2.45) is 12.8 Å². The maximum absolute atomic E-state index is 11.7. The quantitative estimate of drug-likeness (QED) is 0.759. The first kappa shape index (κ1) is 14.2. The third-order valence-corrected chi connectivity index (χ3v) is 3.21. The van der Waals surface area contributed by atoms with E-state index in [0.717, 1.165) is 30.7 Å². The van der Waals surface area contributed by atoms with Crippen LogP contribution in [0.5, 0.6) is 0 Å². The highest BCUT2D eigenvalue weighted by Crippen LogP contribution is 2.21. The number of halogens is 1. The van der Waals surface area contributed by atoms with Crippen molar-refractivity contribution in [2.75, 3.05) is 6.54 Å². The maximum Gasteiger partial charge on any atom is 0.138 e. The Balaban J connectivity index is 2.62. The van der Waals surface area contributed by atoms with E-state index >= 15 is 0 Å². The van der Waals surface area contributed by atoms with Gasteiger partial charge in [-0.05, 0) is 25.8 Å². The molecule has 1 aromatic heterocycles. The van der Waals surface area contributed by atoms with Gasteiger partial charge in [0.25, 0.3) is 0 Å². The van der Waals surface area contributed by atoms with E-state index in [-0.39, 0.29) is 5.78 Å². The van der Waals surface area contributed by atoms with Crippen LogP contribution < -0.4 is 5.73 Å². The van der Waals surface area contributed by atoms with Gasteiger partial charge >= 0.3 is 0 Å². The van der Waals surface area contributed by atoms with E-state index in [2.05, 4.69) is 5.10 Å². The Morgan fingerprint density at radius 1 is 1.47 bits per heavy atom. The van der Waals surface area contributed by atoms with Gasteiger partial charge in [-0.2, -0.15) is 5.10 Å². The van der Waals surface area contributed by atoms with Gasteiger partial charge in [0.05, 0.1) is 16.4 Å². The molecule has 0 aliphatic carbocycles. The van der Waals surface area contributed by atoms with Crippen molar-refractivity contribution in [3.63, 3.8) is 0 Å². The fourth-order valence-electron chi connectivity index (χ4n) is 1.75. The van der Waals surface area contributed by atoms with Gasteiger partial charge < -0.3 is 5.73 Å². The lowest BCUT2D eigenvalue weighted by atomic mass is 10.1. The van der Waals surface area contributed by atoms with E-state index < -0.39 is 0 Å². The van der Waals surface area contributed by atoms with Gasteiger partial charge in [0.2, 0.25) is 0 Å². The molecule has 0 aromatic carbocycles. The Hall–Kier alpha value is -0.870. The van der Waals surface area contributed by atoms with Crippen LogP contribution in [-0.4, -0.2) is 22.1 Å². The van der Waals surface area contributed by atoms with Gasteiger partial charge in [-0.1, -0.05) is 18.5 Å². The molecule has 0 bridgehead atoms. The number of unbranched alkanes of at least 4 members (excludes halogenated alkanes) is 1. The van der Waals surface area contributed by atoms with Gasteiger partial charge in [0.1, 0.15) is 5.78 Å². The molecule has 0 atom stereocenters. The highest BCUT2D eigenvalue weighted by molar-refractivity contribution is 6.32. The summed E-state index contributed by atoms with van der Waals surface area (Å²) in [4.78, 5) is 11.7. The molecular weight excluding hydrogens is 238 g/mol. The number of carbonyl (C=O) groups is 1. The molecule has 1 heterocycles. The molecule has 0 amide bonds. The summed E-state index contributed by atoms with van der Waals surface area (Å²) < 4.78 is 1.71. The van der Waals surface area contributed by atoms with Crippen LogP contribution >= 0.6 is 11.6 Å². The van der Waals surface area contributed by atoms with Crippen LogP contribution in [0.25, 0.3) is 0 Å². The van der Waals surface area contributed by atoms with Crippen molar-refractivity contribution in [1.82, 2.24) is 9.78 Å². The van der Waals surface area contributed by atoms with Crippen LogP contribution in [0.2, 0.25) is 5.02 Å². The van der Waals surface area contributed by atoms with E-state index in [1.807, 2.05) is 14.0 Å². The number of nitrogens with two attached hydrogens (primary N) is 1. The molecule has 5 heteroatoms. The zero-order valence-electron chi connectivity index (χ0n) is 10.5. The summed E-state index contributed by atoms with van der Waals surface area (Å²) in [6.45, 7) is 2.64. The number of hydrogen-bond donors (Lipinski definition) is 1. The van der Waals surface area contributed by atoms with Crippen LogP contribution in [0.1, 0.15) is 37.6 Å². The van der Waals surface area contributed by atoms with Crippen LogP contribution in [0.15, 0.2) is 0 Å². The van der Waals surface area contributed by atoms with E-state index in [1.165, 1.54) is 0 Å². The van der Waals surface area contributed by atoms with Crippen LogP contribution in [0.3, 0.4) is 0 Å². The molecule has 17 heavy (non-hydrogen) atoms. The Kier molecular flexibility index (Phi) is 5.65. The van der Waals surface area contributed by atoms with Gasteiger partial charge in [-0.3, -0.25) is 9.48 Å². The number of ketones is 1. The number of Topliss-reactive ketones (excluding diaryl/α,β-unsaturated/α-hetero) is 1. The Bertz CT molecular complexity index is 387. The lowest BCUT2D eigenvalue weighted by Gasteiger charge is -2.02. The molecule has 96 valence electrons.